The van der Waals surface area contributed by atoms with E-state index in [1.807, 2.05) is 4.90 Å². The molecule has 8 heteroatoms. The van der Waals surface area contributed by atoms with Crippen LogP contribution in [0.1, 0.15) is 5.56 Å². The highest BCUT2D eigenvalue weighted by Crippen LogP contribution is 2.11. The second-order valence-corrected chi connectivity index (χ2v) is 4.51. The Kier molecular flexibility index (Phi) is 4.97. The number of benzene rings is 1. The molecule has 1 saturated heterocycles. The van der Waals surface area contributed by atoms with Crippen LogP contribution in [0, 0.1) is 10.1 Å². The fourth-order valence-electron chi connectivity index (χ4n) is 1.72. The van der Waals surface area contributed by atoms with E-state index in [0.717, 1.165) is 13.1 Å². The predicted molar refractivity (Wildman–Crippen MR) is 78.8 cm³/mol. The Morgan fingerprint density at radius 2 is 2.25 bits per heavy atom. The third-order valence-corrected chi connectivity index (χ3v) is 3.10. The van der Waals surface area contributed by atoms with Crippen LogP contribution in [-0.2, 0) is 4.74 Å². The molecule has 1 aliphatic heterocycles. The quantitative estimate of drug-likeness (QED) is 0.390. The van der Waals surface area contributed by atoms with Crippen molar-refractivity contribution >= 4 is 29.2 Å². The molecule has 0 aromatic heterocycles. The van der Waals surface area contributed by atoms with Gasteiger partial charge in [-0.15, -0.1) is 0 Å². The molecule has 0 atom stereocenters. The highest BCUT2D eigenvalue weighted by molar-refractivity contribution is 7.80. The molecule has 0 unspecified atom stereocenters. The second kappa shape index (κ2) is 6.92. The van der Waals surface area contributed by atoms with Crippen LogP contribution in [0.3, 0.4) is 0 Å². The lowest BCUT2D eigenvalue weighted by molar-refractivity contribution is -0.384. The molecule has 0 aliphatic carbocycles. The van der Waals surface area contributed by atoms with E-state index in [2.05, 4.69) is 10.5 Å². The summed E-state index contributed by atoms with van der Waals surface area (Å²) < 4.78 is 5.23. The second-order valence-electron chi connectivity index (χ2n) is 4.13. The van der Waals surface area contributed by atoms with Crippen molar-refractivity contribution in [1.29, 1.82) is 0 Å². The maximum Gasteiger partial charge on any atom is 0.270 e. The van der Waals surface area contributed by atoms with Crippen molar-refractivity contribution in [2.24, 2.45) is 5.10 Å². The Hall–Kier alpha value is -2.06. The topological polar surface area (TPSA) is 80.0 Å². The third kappa shape index (κ3) is 3.97. The molecule has 0 saturated carbocycles. The van der Waals surface area contributed by atoms with Crippen molar-refractivity contribution in [3.8, 4) is 0 Å². The number of nitro groups is 1. The zero-order valence-electron chi connectivity index (χ0n) is 10.7. The van der Waals surface area contributed by atoms with Crippen LogP contribution < -0.4 is 5.43 Å². The van der Waals surface area contributed by atoms with Crippen molar-refractivity contribution in [3.63, 3.8) is 0 Å². The van der Waals surface area contributed by atoms with Crippen LogP contribution >= 0.6 is 12.2 Å². The summed E-state index contributed by atoms with van der Waals surface area (Å²) in [6, 6.07) is 6.22. The van der Waals surface area contributed by atoms with Gasteiger partial charge in [-0.3, -0.25) is 15.5 Å². The first kappa shape index (κ1) is 14.4. The number of nitrogens with zero attached hydrogens (tertiary/aromatic N) is 3. The van der Waals surface area contributed by atoms with E-state index in [0.29, 0.717) is 23.9 Å². The first-order valence-corrected chi connectivity index (χ1v) is 6.48. The van der Waals surface area contributed by atoms with Crippen LogP contribution in [0.2, 0.25) is 0 Å². The summed E-state index contributed by atoms with van der Waals surface area (Å²) in [5.74, 6) is 0. The van der Waals surface area contributed by atoms with E-state index in [4.69, 9.17) is 17.0 Å². The van der Waals surface area contributed by atoms with Gasteiger partial charge in [0.2, 0.25) is 0 Å². The number of hydrogen-bond acceptors (Lipinski definition) is 5. The lowest BCUT2D eigenvalue weighted by Crippen LogP contribution is -2.44. The summed E-state index contributed by atoms with van der Waals surface area (Å²) in [7, 11) is 0. The van der Waals surface area contributed by atoms with Gasteiger partial charge in [0.25, 0.3) is 5.69 Å². The third-order valence-electron chi connectivity index (χ3n) is 2.75. The normalized spacial score (nSPS) is 15.3. The van der Waals surface area contributed by atoms with E-state index in [1.54, 1.807) is 12.1 Å². The van der Waals surface area contributed by atoms with Crippen LogP contribution in [0.4, 0.5) is 5.69 Å². The maximum absolute atomic E-state index is 10.6. The Bertz CT molecular complexity index is 529. The molecule has 0 radical (unpaired) electrons. The fourth-order valence-corrected chi connectivity index (χ4v) is 1.95. The van der Waals surface area contributed by atoms with Crippen LogP contribution in [0.25, 0.3) is 0 Å². The number of nitro benzene ring substituents is 1. The number of nitrogens with one attached hydrogen (secondary N) is 1. The van der Waals surface area contributed by atoms with Crippen molar-refractivity contribution in [2.75, 3.05) is 26.3 Å². The van der Waals surface area contributed by atoms with Crippen LogP contribution in [0.5, 0.6) is 0 Å². The minimum Gasteiger partial charge on any atom is -0.378 e. The van der Waals surface area contributed by atoms with Crippen molar-refractivity contribution < 1.29 is 9.66 Å². The van der Waals surface area contributed by atoms with Gasteiger partial charge in [-0.1, -0.05) is 12.1 Å². The van der Waals surface area contributed by atoms with E-state index < -0.39 is 4.92 Å². The molecule has 0 spiro atoms. The van der Waals surface area contributed by atoms with Gasteiger partial charge in [0.05, 0.1) is 24.4 Å². The molecule has 1 aromatic rings. The van der Waals surface area contributed by atoms with Gasteiger partial charge in [0.1, 0.15) is 0 Å². The van der Waals surface area contributed by atoms with Gasteiger partial charge in [0, 0.05) is 30.8 Å². The summed E-state index contributed by atoms with van der Waals surface area (Å²) in [4.78, 5) is 12.2. The van der Waals surface area contributed by atoms with Crippen molar-refractivity contribution in [3.05, 3.63) is 39.9 Å². The summed E-state index contributed by atoms with van der Waals surface area (Å²) in [5.41, 5.74) is 3.42. The number of non-ortho nitro benzene ring substituents is 1. The van der Waals surface area contributed by atoms with E-state index in [9.17, 15) is 10.1 Å². The minimum absolute atomic E-state index is 0.0321. The summed E-state index contributed by atoms with van der Waals surface area (Å²) in [5, 5.41) is 15.2. The highest BCUT2D eigenvalue weighted by atomic mass is 32.1. The minimum atomic E-state index is -0.441. The number of morpholine rings is 1. The van der Waals surface area contributed by atoms with Gasteiger partial charge in [-0.2, -0.15) is 5.10 Å². The van der Waals surface area contributed by atoms with Crippen LogP contribution in [-0.4, -0.2) is 47.5 Å². The maximum atomic E-state index is 10.6. The van der Waals surface area contributed by atoms with E-state index >= 15 is 0 Å². The van der Waals surface area contributed by atoms with E-state index in [-0.39, 0.29) is 5.69 Å². The van der Waals surface area contributed by atoms with Gasteiger partial charge in [0.15, 0.2) is 5.11 Å². The van der Waals surface area contributed by atoms with Crippen molar-refractivity contribution in [2.45, 2.75) is 0 Å². The molecular formula is C12H14N4O3S. The lowest BCUT2D eigenvalue weighted by Gasteiger charge is -2.28. The first-order valence-electron chi connectivity index (χ1n) is 6.07. The SMILES string of the molecule is O=[N+]([O-])c1cccc(/C=N/NC(=S)N2CCOCC2)c1. The molecule has 20 heavy (non-hydrogen) atoms. The summed E-state index contributed by atoms with van der Waals surface area (Å²) in [6.45, 7) is 2.77. The largest absolute Gasteiger partial charge is 0.378 e. The van der Waals surface area contributed by atoms with E-state index in [1.165, 1.54) is 18.3 Å². The summed E-state index contributed by atoms with van der Waals surface area (Å²) in [6.07, 6.45) is 1.50. The Morgan fingerprint density at radius 3 is 2.95 bits per heavy atom. The average Bonchev–Trinajstić information content (AvgIpc) is 2.48. The number of thiocarbonyl (C=S) groups is 1. The van der Waals surface area contributed by atoms with Gasteiger partial charge >= 0.3 is 0 Å². The number of rotatable bonds is 3. The Labute approximate surface area is 121 Å². The number of hydrazone groups is 1. The molecule has 1 fully saturated rings. The number of hydrogen-bond donors (Lipinski definition) is 1. The van der Waals surface area contributed by atoms with Gasteiger partial charge in [-0.25, -0.2) is 0 Å². The number of ether oxygens (including phenoxy) is 1. The molecule has 2 rings (SSSR count). The fraction of sp³-hybridized carbons (Fsp3) is 0.333. The molecule has 1 aromatic carbocycles. The standard InChI is InChI=1S/C12H14N4O3S/c17-16(18)11-3-1-2-10(8-11)9-13-14-12(20)15-4-6-19-7-5-15/h1-3,8-9H,4-7H2,(H,14,20)/b13-9+. The monoisotopic (exact) mass is 294 g/mol. The van der Waals surface area contributed by atoms with Gasteiger partial charge < -0.3 is 9.64 Å². The average molecular weight is 294 g/mol. The molecular weight excluding hydrogens is 280 g/mol. The smallest absolute Gasteiger partial charge is 0.270 e. The molecule has 0 amide bonds. The molecule has 1 aliphatic rings. The van der Waals surface area contributed by atoms with Crippen molar-refractivity contribution in [1.82, 2.24) is 10.3 Å². The summed E-state index contributed by atoms with van der Waals surface area (Å²) >= 11 is 5.19. The zero-order valence-corrected chi connectivity index (χ0v) is 11.5. The van der Waals surface area contributed by atoms with Gasteiger partial charge in [-0.05, 0) is 12.2 Å². The molecule has 1 N–H and O–H groups in total. The lowest BCUT2D eigenvalue weighted by atomic mass is 10.2. The zero-order chi connectivity index (χ0) is 14.4. The Balaban J connectivity index is 1.91. The Morgan fingerprint density at radius 1 is 1.50 bits per heavy atom. The van der Waals surface area contributed by atoms with Crippen LogP contribution in [0.15, 0.2) is 29.4 Å². The molecule has 0 bridgehead atoms. The molecule has 106 valence electrons. The predicted octanol–water partition coefficient (Wildman–Crippen LogP) is 1.14. The first-order chi connectivity index (χ1) is 9.66. The molecule has 7 nitrogen and oxygen atoms in total. The highest BCUT2D eigenvalue weighted by Gasteiger charge is 2.12. The molecule has 1 heterocycles.